The molecule has 0 saturated heterocycles. The standard InChI is InChI=1S/C25H17Cl2IN2O6/c1-13-16(4-3-5-21(13)30(32)33)24-29-20(25(31)36-24)10-15-9-19(28)23(22(11-15)34-2)35-12-14-6-7-17(26)18(27)8-14/h3-11H,12H2,1-2H3/b20-10-. The number of methoxy groups -OCH3 is 1. The maximum Gasteiger partial charge on any atom is 0.363 e. The monoisotopic (exact) mass is 638 g/mol. The number of aliphatic imine (C=N–C) groups is 1. The molecule has 0 spiro atoms. The molecule has 4 rings (SSSR count). The third-order valence-electron chi connectivity index (χ3n) is 5.28. The molecule has 0 saturated carbocycles. The molecule has 0 aromatic heterocycles. The van der Waals surface area contributed by atoms with Crippen LogP contribution in [0.25, 0.3) is 6.08 Å². The number of carbonyl (C=O) groups is 1. The lowest BCUT2D eigenvalue weighted by atomic mass is 10.1. The van der Waals surface area contributed by atoms with Gasteiger partial charge in [0.2, 0.25) is 5.90 Å². The molecule has 0 radical (unpaired) electrons. The molecule has 0 aliphatic carbocycles. The SMILES string of the molecule is COc1cc(/C=C2\N=C(c3cccc([N+](=O)[O-])c3C)OC2=O)cc(I)c1OCc1ccc(Cl)c(Cl)c1. The molecule has 0 fully saturated rings. The van der Waals surface area contributed by atoms with Gasteiger partial charge in [0.05, 0.1) is 25.6 Å². The third kappa shape index (κ3) is 5.48. The van der Waals surface area contributed by atoms with E-state index in [1.807, 2.05) is 6.07 Å². The molecule has 1 aliphatic heterocycles. The number of nitro groups is 1. The van der Waals surface area contributed by atoms with Gasteiger partial charge in [-0.15, -0.1) is 0 Å². The van der Waals surface area contributed by atoms with Gasteiger partial charge in [0.25, 0.3) is 5.69 Å². The number of hydrogen-bond acceptors (Lipinski definition) is 7. The van der Waals surface area contributed by atoms with E-state index in [9.17, 15) is 14.9 Å². The zero-order valence-electron chi connectivity index (χ0n) is 18.9. The predicted octanol–water partition coefficient (Wildman–Crippen LogP) is 6.75. The van der Waals surface area contributed by atoms with Crippen LogP contribution in [-0.2, 0) is 16.1 Å². The number of cyclic esters (lactones) is 1. The summed E-state index contributed by atoms with van der Waals surface area (Å²) in [5.41, 5.74) is 2.16. The summed E-state index contributed by atoms with van der Waals surface area (Å²) >= 11 is 14.2. The Bertz CT molecular complexity index is 1450. The first-order chi connectivity index (χ1) is 17.2. The molecule has 1 heterocycles. The smallest absolute Gasteiger partial charge is 0.363 e. The van der Waals surface area contributed by atoms with Gasteiger partial charge in [-0.05, 0) is 77.0 Å². The average Bonchev–Trinajstić information content (AvgIpc) is 3.19. The van der Waals surface area contributed by atoms with Crippen molar-refractivity contribution in [1.82, 2.24) is 0 Å². The number of nitrogens with zero attached hydrogens (tertiary/aromatic N) is 2. The molecule has 3 aromatic carbocycles. The van der Waals surface area contributed by atoms with Crippen molar-refractivity contribution in [1.29, 1.82) is 0 Å². The van der Waals surface area contributed by atoms with Gasteiger partial charge in [-0.2, -0.15) is 0 Å². The first kappa shape index (κ1) is 25.9. The van der Waals surface area contributed by atoms with Gasteiger partial charge in [-0.1, -0.05) is 35.3 Å². The summed E-state index contributed by atoms with van der Waals surface area (Å²) in [4.78, 5) is 27.5. The van der Waals surface area contributed by atoms with Gasteiger partial charge in [0.15, 0.2) is 17.2 Å². The van der Waals surface area contributed by atoms with Gasteiger partial charge in [0, 0.05) is 17.2 Å². The minimum absolute atomic E-state index is 0.00990. The van der Waals surface area contributed by atoms with Crippen LogP contribution in [0, 0.1) is 20.6 Å². The molecule has 36 heavy (non-hydrogen) atoms. The molecule has 1 aliphatic rings. The number of ether oxygens (including phenoxy) is 3. The fraction of sp³-hybridized carbons (Fsp3) is 0.120. The van der Waals surface area contributed by atoms with Crippen molar-refractivity contribution in [3.05, 3.63) is 100 Å². The van der Waals surface area contributed by atoms with Crippen molar-refractivity contribution in [2.24, 2.45) is 4.99 Å². The maximum atomic E-state index is 12.5. The third-order valence-corrected chi connectivity index (χ3v) is 6.82. The van der Waals surface area contributed by atoms with Crippen LogP contribution in [0.2, 0.25) is 10.0 Å². The van der Waals surface area contributed by atoms with Crippen molar-refractivity contribution < 1.29 is 23.9 Å². The Labute approximate surface area is 229 Å². The highest BCUT2D eigenvalue weighted by Gasteiger charge is 2.27. The Kier molecular flexibility index (Phi) is 7.82. The number of carbonyl (C=O) groups excluding carboxylic acids is 1. The van der Waals surface area contributed by atoms with E-state index in [0.29, 0.717) is 38.2 Å². The summed E-state index contributed by atoms with van der Waals surface area (Å²) in [6.45, 7) is 1.82. The second-order valence-corrected chi connectivity index (χ2v) is 9.59. The predicted molar refractivity (Wildman–Crippen MR) is 145 cm³/mol. The van der Waals surface area contributed by atoms with Crippen LogP contribution in [-0.4, -0.2) is 23.9 Å². The van der Waals surface area contributed by atoms with E-state index in [2.05, 4.69) is 27.6 Å². The highest BCUT2D eigenvalue weighted by molar-refractivity contribution is 14.1. The first-order valence-corrected chi connectivity index (χ1v) is 12.2. The molecule has 0 amide bonds. The summed E-state index contributed by atoms with van der Waals surface area (Å²) in [5, 5.41) is 12.1. The highest BCUT2D eigenvalue weighted by Crippen LogP contribution is 2.36. The molecular weight excluding hydrogens is 622 g/mol. The van der Waals surface area contributed by atoms with Crippen molar-refractivity contribution in [3.63, 3.8) is 0 Å². The number of halogens is 3. The van der Waals surface area contributed by atoms with Gasteiger partial charge in [0.1, 0.15) is 6.61 Å². The van der Waals surface area contributed by atoms with E-state index in [-0.39, 0.29) is 23.9 Å². The first-order valence-electron chi connectivity index (χ1n) is 10.4. The molecule has 0 unspecified atom stereocenters. The molecule has 3 aromatic rings. The van der Waals surface area contributed by atoms with Crippen molar-refractivity contribution >= 4 is 69.4 Å². The summed E-state index contributed by atoms with van der Waals surface area (Å²) < 4.78 is 17.5. The van der Waals surface area contributed by atoms with E-state index >= 15 is 0 Å². The number of benzene rings is 3. The Balaban J connectivity index is 1.61. The number of esters is 1. The summed E-state index contributed by atoms with van der Waals surface area (Å²) in [6, 6.07) is 13.3. The van der Waals surface area contributed by atoms with Gasteiger partial charge < -0.3 is 14.2 Å². The van der Waals surface area contributed by atoms with Crippen LogP contribution in [0.15, 0.2) is 59.2 Å². The molecule has 0 atom stereocenters. The summed E-state index contributed by atoms with van der Waals surface area (Å²) in [5.74, 6) is 0.330. The second-order valence-electron chi connectivity index (χ2n) is 7.61. The average molecular weight is 639 g/mol. The van der Waals surface area contributed by atoms with Gasteiger partial charge in [-0.3, -0.25) is 10.1 Å². The van der Waals surface area contributed by atoms with Crippen molar-refractivity contribution in [2.75, 3.05) is 7.11 Å². The Hall–Kier alpha value is -3.15. The van der Waals surface area contributed by atoms with E-state index in [1.165, 1.54) is 19.2 Å². The van der Waals surface area contributed by atoms with E-state index < -0.39 is 10.9 Å². The minimum atomic E-state index is -0.662. The maximum absolute atomic E-state index is 12.5. The fourth-order valence-electron chi connectivity index (χ4n) is 3.48. The highest BCUT2D eigenvalue weighted by atomic mass is 127. The quantitative estimate of drug-likeness (QED) is 0.0933. The van der Waals surface area contributed by atoms with E-state index in [4.69, 9.17) is 37.4 Å². The Morgan fingerprint density at radius 1 is 1.17 bits per heavy atom. The largest absolute Gasteiger partial charge is 0.493 e. The zero-order valence-corrected chi connectivity index (χ0v) is 22.6. The molecule has 11 heteroatoms. The number of nitro benzene ring substituents is 1. The number of hydrogen-bond donors (Lipinski definition) is 0. The van der Waals surface area contributed by atoms with E-state index in [1.54, 1.807) is 43.3 Å². The Morgan fingerprint density at radius 3 is 2.64 bits per heavy atom. The lowest BCUT2D eigenvalue weighted by Gasteiger charge is -2.14. The number of rotatable bonds is 7. The van der Waals surface area contributed by atoms with Crippen molar-refractivity contribution in [3.8, 4) is 11.5 Å². The van der Waals surface area contributed by atoms with Crippen LogP contribution < -0.4 is 9.47 Å². The molecule has 0 bridgehead atoms. The molecule has 0 N–H and O–H groups in total. The van der Waals surface area contributed by atoms with Crippen LogP contribution in [0.3, 0.4) is 0 Å². The Morgan fingerprint density at radius 2 is 1.94 bits per heavy atom. The minimum Gasteiger partial charge on any atom is -0.493 e. The zero-order chi connectivity index (χ0) is 26.0. The van der Waals surface area contributed by atoms with Gasteiger partial charge in [-0.25, -0.2) is 9.79 Å². The molecule has 184 valence electrons. The van der Waals surface area contributed by atoms with Gasteiger partial charge >= 0.3 is 5.97 Å². The van der Waals surface area contributed by atoms with Crippen LogP contribution in [0.4, 0.5) is 5.69 Å². The van der Waals surface area contributed by atoms with Crippen LogP contribution in [0.1, 0.15) is 22.3 Å². The van der Waals surface area contributed by atoms with Crippen LogP contribution in [0.5, 0.6) is 11.5 Å². The van der Waals surface area contributed by atoms with Crippen LogP contribution >= 0.6 is 45.8 Å². The molecule has 8 nitrogen and oxygen atoms in total. The van der Waals surface area contributed by atoms with Crippen molar-refractivity contribution in [2.45, 2.75) is 13.5 Å². The second kappa shape index (κ2) is 10.9. The fourth-order valence-corrected chi connectivity index (χ4v) is 4.59. The summed E-state index contributed by atoms with van der Waals surface area (Å²) in [6.07, 6.45) is 1.55. The normalized spacial score (nSPS) is 14.0. The lowest BCUT2D eigenvalue weighted by Crippen LogP contribution is -2.08. The molecular formula is C25H17Cl2IN2O6. The topological polar surface area (TPSA) is 100 Å². The lowest BCUT2D eigenvalue weighted by molar-refractivity contribution is -0.385. The van der Waals surface area contributed by atoms with E-state index in [0.717, 1.165) is 9.13 Å². The summed E-state index contributed by atoms with van der Waals surface area (Å²) in [7, 11) is 1.51.